The third-order valence-corrected chi connectivity index (χ3v) is 2.95. The summed E-state index contributed by atoms with van der Waals surface area (Å²) in [6.45, 7) is 3.50. The smallest absolute Gasteiger partial charge is 0.244 e. The molecule has 6 heteroatoms. The van der Waals surface area contributed by atoms with E-state index in [1.165, 1.54) is 12.1 Å². The van der Waals surface area contributed by atoms with Gasteiger partial charge in [-0.05, 0) is 17.7 Å². The summed E-state index contributed by atoms with van der Waals surface area (Å²) in [5.41, 5.74) is 6.04. The van der Waals surface area contributed by atoms with Crippen molar-refractivity contribution in [1.82, 2.24) is 0 Å². The van der Waals surface area contributed by atoms with E-state index in [-0.39, 0.29) is 10.5 Å². The maximum atomic E-state index is 11.0. The lowest BCUT2D eigenvalue weighted by Crippen LogP contribution is -2.15. The average Bonchev–Trinajstić information content (AvgIpc) is 2.17. The highest BCUT2D eigenvalue weighted by molar-refractivity contribution is 7.89. The molecule has 16 heavy (non-hydrogen) atoms. The fraction of sp³-hybridized carbons (Fsp3) is 0.100. The zero-order chi connectivity index (χ0) is 12.3. The molecular weight excluding hydrogens is 228 g/mol. The molecule has 0 spiro atoms. The maximum Gasteiger partial charge on any atom is 0.244 e. The van der Waals surface area contributed by atoms with Crippen LogP contribution in [0.15, 0.2) is 41.3 Å². The Balaban J connectivity index is 2.88. The van der Waals surface area contributed by atoms with Crippen LogP contribution < -0.4 is 10.9 Å². The number of rotatable bonds is 4. The molecule has 1 rings (SSSR count). The normalized spacial score (nSPS) is 11.1. The van der Waals surface area contributed by atoms with Crippen LogP contribution in [0.4, 0.5) is 0 Å². The predicted molar refractivity (Wildman–Crippen MR) is 59.9 cm³/mol. The van der Waals surface area contributed by atoms with E-state index in [0.29, 0.717) is 6.42 Å². The van der Waals surface area contributed by atoms with Gasteiger partial charge in [0.25, 0.3) is 0 Å². The van der Waals surface area contributed by atoms with Crippen LogP contribution in [0.1, 0.15) is 5.56 Å². The van der Waals surface area contributed by atoms with E-state index >= 15 is 0 Å². The van der Waals surface area contributed by atoms with Crippen LogP contribution in [-0.4, -0.2) is 14.3 Å². The number of primary sulfonamides is 1. The van der Waals surface area contributed by atoms with Crippen molar-refractivity contribution in [1.29, 1.82) is 0 Å². The van der Waals surface area contributed by atoms with Crippen molar-refractivity contribution < 1.29 is 13.2 Å². The lowest BCUT2D eigenvalue weighted by atomic mass is 10.1. The third-order valence-electron chi connectivity index (χ3n) is 2.02. The summed E-state index contributed by atoms with van der Waals surface area (Å²) in [6, 6.07) is 5.87. The molecule has 0 aliphatic heterocycles. The van der Waals surface area contributed by atoms with Gasteiger partial charge in [0.1, 0.15) is 0 Å². The number of hydrogen-bond donors (Lipinski definition) is 2. The SMILES string of the molecule is C=C(Cc1ccc(S(N)(=O)=O)cc1)C(N)=O. The highest BCUT2D eigenvalue weighted by Gasteiger charge is 2.08. The van der Waals surface area contributed by atoms with Crippen LogP contribution in [0.2, 0.25) is 0 Å². The van der Waals surface area contributed by atoms with Gasteiger partial charge in [-0.2, -0.15) is 0 Å². The second kappa shape index (κ2) is 4.46. The minimum Gasteiger partial charge on any atom is -0.366 e. The molecule has 0 aromatic heterocycles. The molecule has 0 unspecified atom stereocenters. The lowest BCUT2D eigenvalue weighted by Gasteiger charge is -2.03. The minimum absolute atomic E-state index is 0.0286. The Morgan fingerprint density at radius 2 is 1.75 bits per heavy atom. The minimum atomic E-state index is -3.68. The lowest BCUT2D eigenvalue weighted by molar-refractivity contribution is -0.114. The van der Waals surface area contributed by atoms with Crippen molar-refractivity contribution in [3.8, 4) is 0 Å². The summed E-state index contributed by atoms with van der Waals surface area (Å²) in [7, 11) is -3.68. The zero-order valence-corrected chi connectivity index (χ0v) is 9.33. The molecule has 0 heterocycles. The van der Waals surface area contributed by atoms with Gasteiger partial charge in [0.05, 0.1) is 4.90 Å². The van der Waals surface area contributed by atoms with Crippen molar-refractivity contribution in [2.75, 3.05) is 0 Å². The van der Waals surface area contributed by atoms with Gasteiger partial charge >= 0.3 is 0 Å². The quantitative estimate of drug-likeness (QED) is 0.719. The van der Waals surface area contributed by atoms with E-state index in [4.69, 9.17) is 10.9 Å². The van der Waals surface area contributed by atoms with E-state index in [0.717, 1.165) is 5.56 Å². The van der Waals surface area contributed by atoms with Crippen LogP contribution in [0.5, 0.6) is 0 Å². The molecule has 1 amide bonds. The molecule has 0 saturated carbocycles. The van der Waals surface area contributed by atoms with Crippen LogP contribution in [0.25, 0.3) is 0 Å². The van der Waals surface area contributed by atoms with E-state index in [1.54, 1.807) is 12.1 Å². The van der Waals surface area contributed by atoms with Gasteiger partial charge < -0.3 is 5.73 Å². The second-order valence-electron chi connectivity index (χ2n) is 3.33. The van der Waals surface area contributed by atoms with Gasteiger partial charge in [0.2, 0.25) is 15.9 Å². The molecule has 1 aromatic carbocycles. The van der Waals surface area contributed by atoms with Gasteiger partial charge in [0, 0.05) is 12.0 Å². The Kier molecular flexibility index (Phi) is 3.46. The first-order chi connectivity index (χ1) is 7.30. The van der Waals surface area contributed by atoms with Crippen LogP contribution in [-0.2, 0) is 21.2 Å². The molecule has 0 bridgehead atoms. The van der Waals surface area contributed by atoms with E-state index in [2.05, 4.69) is 6.58 Å². The number of amides is 1. The van der Waals surface area contributed by atoms with Crippen molar-refractivity contribution in [3.63, 3.8) is 0 Å². The first-order valence-electron chi connectivity index (χ1n) is 4.40. The van der Waals surface area contributed by atoms with Gasteiger partial charge in [-0.1, -0.05) is 18.7 Å². The summed E-state index contributed by atoms with van der Waals surface area (Å²) in [4.78, 5) is 10.8. The average molecular weight is 240 g/mol. The van der Waals surface area contributed by atoms with Crippen molar-refractivity contribution in [2.24, 2.45) is 10.9 Å². The van der Waals surface area contributed by atoms with E-state index in [1.807, 2.05) is 0 Å². The fourth-order valence-electron chi connectivity index (χ4n) is 1.13. The first kappa shape index (κ1) is 12.4. The predicted octanol–water partition coefficient (Wildman–Crippen LogP) is -0.0820. The number of primary amides is 1. The number of nitrogens with two attached hydrogens (primary N) is 2. The fourth-order valence-corrected chi connectivity index (χ4v) is 1.65. The number of hydrogen-bond acceptors (Lipinski definition) is 3. The largest absolute Gasteiger partial charge is 0.366 e. The first-order valence-corrected chi connectivity index (χ1v) is 5.94. The van der Waals surface area contributed by atoms with Gasteiger partial charge in [0.15, 0.2) is 0 Å². The zero-order valence-electron chi connectivity index (χ0n) is 8.51. The molecule has 1 aromatic rings. The Bertz CT molecular complexity index is 518. The summed E-state index contributed by atoms with van der Waals surface area (Å²) in [5.74, 6) is -0.574. The van der Waals surface area contributed by atoms with E-state index in [9.17, 15) is 13.2 Å². The van der Waals surface area contributed by atoms with Crippen molar-refractivity contribution in [3.05, 3.63) is 42.0 Å². The van der Waals surface area contributed by atoms with Crippen LogP contribution in [0, 0.1) is 0 Å². The molecule has 0 fully saturated rings. The van der Waals surface area contributed by atoms with Gasteiger partial charge in [-0.3, -0.25) is 4.79 Å². The van der Waals surface area contributed by atoms with Gasteiger partial charge in [-0.15, -0.1) is 0 Å². The molecule has 0 aliphatic carbocycles. The number of sulfonamides is 1. The van der Waals surface area contributed by atoms with E-state index < -0.39 is 15.9 Å². The molecule has 0 saturated heterocycles. The third kappa shape index (κ3) is 3.18. The Hall–Kier alpha value is -1.66. The summed E-state index contributed by atoms with van der Waals surface area (Å²) in [5, 5.41) is 4.94. The number of carbonyl (C=O) groups excluding carboxylic acids is 1. The van der Waals surface area contributed by atoms with Gasteiger partial charge in [-0.25, -0.2) is 13.6 Å². The highest BCUT2D eigenvalue weighted by Crippen LogP contribution is 2.11. The molecular formula is C10H12N2O3S. The molecule has 5 nitrogen and oxygen atoms in total. The summed E-state index contributed by atoms with van der Waals surface area (Å²) >= 11 is 0. The highest BCUT2D eigenvalue weighted by atomic mass is 32.2. The summed E-state index contributed by atoms with van der Waals surface area (Å²) < 4.78 is 21.9. The van der Waals surface area contributed by atoms with Crippen molar-refractivity contribution >= 4 is 15.9 Å². The van der Waals surface area contributed by atoms with Crippen LogP contribution >= 0.6 is 0 Å². The molecule has 4 N–H and O–H groups in total. The van der Waals surface area contributed by atoms with Crippen LogP contribution in [0.3, 0.4) is 0 Å². The Morgan fingerprint density at radius 3 is 2.12 bits per heavy atom. The Morgan fingerprint density at radius 1 is 1.25 bits per heavy atom. The maximum absolute atomic E-state index is 11.0. The summed E-state index contributed by atoms with van der Waals surface area (Å²) in [6.07, 6.45) is 0.292. The number of benzene rings is 1. The monoisotopic (exact) mass is 240 g/mol. The molecule has 86 valence electrons. The van der Waals surface area contributed by atoms with Crippen molar-refractivity contribution in [2.45, 2.75) is 11.3 Å². The Labute approximate surface area is 93.8 Å². The standard InChI is InChI=1S/C10H12N2O3S/c1-7(10(11)13)6-8-2-4-9(5-3-8)16(12,14)15/h2-5H,1,6H2,(H2,11,13)(H2,12,14,15). The number of carbonyl (C=O) groups is 1. The molecule has 0 radical (unpaired) electrons. The molecule has 0 aliphatic rings. The second-order valence-corrected chi connectivity index (χ2v) is 4.89. The topological polar surface area (TPSA) is 103 Å². The molecule has 0 atom stereocenters.